The Morgan fingerprint density at radius 3 is 1.14 bits per heavy atom. The van der Waals surface area contributed by atoms with Gasteiger partial charge in [0.1, 0.15) is 0 Å². The quantitative estimate of drug-likeness (QED) is 0.0412. The fourth-order valence-corrected chi connectivity index (χ4v) is 15.4. The highest BCUT2D eigenvalue weighted by molar-refractivity contribution is 7.20. The second kappa shape index (κ2) is 19.1. The SMILES string of the molecule is Fc1c(F)c(F)c([Si](c2ccccc2)(c2ccccc2)c2ccc(-c3ccc(N(c4ccc(-c5ccccc5)cc4)c4ccc(-c5ccc6c(c5)c5ccccc5n6-c5ccccc5)cc4)cc3)cc2)c(F)c1F. The Balaban J connectivity index is 0.921. The van der Waals surface area contributed by atoms with Crippen molar-refractivity contribution in [2.24, 2.45) is 0 Å². The van der Waals surface area contributed by atoms with Crippen LogP contribution < -0.4 is 25.6 Å². The van der Waals surface area contributed by atoms with Gasteiger partial charge in [-0.05, 0) is 116 Å². The van der Waals surface area contributed by atoms with Gasteiger partial charge >= 0.3 is 0 Å². The van der Waals surface area contributed by atoms with E-state index in [9.17, 15) is 4.39 Å². The number of benzene rings is 11. The third-order valence-corrected chi connectivity index (χ3v) is 18.9. The van der Waals surface area contributed by atoms with Gasteiger partial charge in [-0.2, -0.15) is 0 Å². The van der Waals surface area contributed by atoms with Crippen molar-refractivity contribution in [3.63, 3.8) is 0 Å². The second-order valence-electron chi connectivity index (χ2n) is 18.3. The standard InChI is InChI=1S/C66H43F5N2Si/c67-61-62(68)64(70)66(65(71)63(61)69)74(54-19-9-3-10-20-54,55-21-11-4-12-22-55)56-40-31-47(32-41-56)46-27-36-52(37-28-46)72(51-34-25-45(26-35-51)44-15-5-1-6-16-44)53-38-29-48(30-39-53)49-33-42-60-58(43-49)57-23-13-14-24-59(57)73(60)50-17-7-2-8-18-50/h1-43H. The fraction of sp³-hybridized carbons (Fsp3) is 0. The van der Waals surface area contributed by atoms with Crippen LogP contribution in [0.2, 0.25) is 0 Å². The minimum atomic E-state index is -4.19. The smallest absolute Gasteiger partial charge is 0.200 e. The molecular formula is C66H43F5N2Si. The van der Waals surface area contributed by atoms with Crippen molar-refractivity contribution in [3.05, 3.63) is 290 Å². The summed E-state index contributed by atoms with van der Waals surface area (Å²) in [5.41, 5.74) is 12.3. The molecular weight excluding hydrogens is 944 g/mol. The molecule has 0 spiro atoms. The summed E-state index contributed by atoms with van der Waals surface area (Å²) in [6.07, 6.45) is 0. The molecule has 11 aromatic carbocycles. The fourth-order valence-electron chi connectivity index (χ4n) is 10.7. The van der Waals surface area contributed by atoms with Crippen LogP contribution in [0.3, 0.4) is 0 Å². The molecule has 0 saturated heterocycles. The molecule has 0 N–H and O–H groups in total. The molecule has 74 heavy (non-hydrogen) atoms. The van der Waals surface area contributed by atoms with Crippen LogP contribution in [0.1, 0.15) is 0 Å². The van der Waals surface area contributed by atoms with Gasteiger partial charge in [0, 0.05) is 38.7 Å². The Morgan fingerprint density at radius 2 is 0.635 bits per heavy atom. The van der Waals surface area contributed by atoms with Crippen LogP contribution in [0.25, 0.3) is 60.9 Å². The van der Waals surface area contributed by atoms with Crippen molar-refractivity contribution >= 4 is 67.7 Å². The summed E-state index contributed by atoms with van der Waals surface area (Å²) >= 11 is 0. The van der Waals surface area contributed by atoms with E-state index in [4.69, 9.17) is 0 Å². The van der Waals surface area contributed by atoms with Crippen LogP contribution in [0.15, 0.2) is 261 Å². The minimum absolute atomic E-state index is 0.450. The summed E-state index contributed by atoms with van der Waals surface area (Å²) in [5.74, 6) is -9.81. The molecule has 12 aromatic rings. The first-order chi connectivity index (χ1) is 36.3. The van der Waals surface area contributed by atoms with Gasteiger partial charge in [-0.1, -0.05) is 194 Å². The highest BCUT2D eigenvalue weighted by Gasteiger charge is 2.48. The maximum absolute atomic E-state index is 16.3. The number of nitrogens with zero attached hydrogens (tertiary/aromatic N) is 2. The summed E-state index contributed by atoms with van der Waals surface area (Å²) < 4.78 is 80.1. The predicted octanol–water partition coefficient (Wildman–Crippen LogP) is 15.3. The molecule has 0 bridgehead atoms. The average Bonchev–Trinajstić information content (AvgIpc) is 3.81. The molecule has 1 aromatic heterocycles. The predicted molar refractivity (Wildman–Crippen MR) is 295 cm³/mol. The Labute approximate surface area is 426 Å². The number of fused-ring (bicyclic) bond motifs is 3. The zero-order chi connectivity index (χ0) is 50.3. The van der Waals surface area contributed by atoms with E-state index in [0.29, 0.717) is 15.6 Å². The monoisotopic (exact) mass is 986 g/mol. The molecule has 0 aliphatic carbocycles. The van der Waals surface area contributed by atoms with E-state index in [1.165, 1.54) is 10.8 Å². The molecule has 0 radical (unpaired) electrons. The Hall–Kier alpha value is -9.11. The Morgan fingerprint density at radius 1 is 0.284 bits per heavy atom. The van der Waals surface area contributed by atoms with Crippen molar-refractivity contribution in [1.29, 1.82) is 0 Å². The van der Waals surface area contributed by atoms with Gasteiger partial charge in [0.05, 0.1) is 11.0 Å². The number of hydrogen-bond acceptors (Lipinski definition) is 1. The van der Waals surface area contributed by atoms with Crippen LogP contribution >= 0.6 is 0 Å². The lowest BCUT2D eigenvalue weighted by Gasteiger charge is -2.35. The molecule has 0 aliphatic heterocycles. The van der Waals surface area contributed by atoms with Gasteiger partial charge in [0.2, 0.25) is 5.82 Å². The van der Waals surface area contributed by atoms with E-state index >= 15 is 17.6 Å². The molecule has 0 unspecified atom stereocenters. The van der Waals surface area contributed by atoms with Gasteiger partial charge in [-0.3, -0.25) is 0 Å². The van der Waals surface area contributed by atoms with Gasteiger partial charge in [-0.15, -0.1) is 0 Å². The molecule has 0 amide bonds. The van der Waals surface area contributed by atoms with Crippen molar-refractivity contribution in [1.82, 2.24) is 4.57 Å². The number of para-hydroxylation sites is 2. The first-order valence-corrected chi connectivity index (χ1v) is 26.3. The minimum Gasteiger partial charge on any atom is -0.311 e. The highest BCUT2D eigenvalue weighted by Crippen LogP contribution is 2.39. The maximum atomic E-state index is 16.3. The number of anilines is 3. The lowest BCUT2D eigenvalue weighted by Crippen LogP contribution is -2.76. The summed E-state index contributed by atoms with van der Waals surface area (Å²) in [4.78, 5) is 2.21. The molecule has 0 saturated carbocycles. The molecule has 12 rings (SSSR count). The van der Waals surface area contributed by atoms with Crippen LogP contribution in [-0.2, 0) is 0 Å². The summed E-state index contributed by atoms with van der Waals surface area (Å²) in [6, 6.07) is 85.5. The van der Waals surface area contributed by atoms with Crippen LogP contribution in [-0.4, -0.2) is 12.6 Å². The lowest BCUT2D eigenvalue weighted by molar-refractivity contribution is 0.384. The van der Waals surface area contributed by atoms with Crippen LogP contribution in [0, 0.1) is 29.1 Å². The van der Waals surface area contributed by atoms with E-state index in [1.807, 2.05) is 48.5 Å². The van der Waals surface area contributed by atoms with Gasteiger partial charge in [-0.25, -0.2) is 22.0 Å². The normalized spacial score (nSPS) is 11.6. The maximum Gasteiger partial charge on any atom is 0.200 e. The molecule has 1 heterocycles. The lowest BCUT2D eigenvalue weighted by atomic mass is 10.0. The second-order valence-corrected chi connectivity index (χ2v) is 22.0. The number of hydrogen-bond donors (Lipinski definition) is 0. The van der Waals surface area contributed by atoms with Gasteiger partial charge in [0.25, 0.3) is 0 Å². The first-order valence-electron chi connectivity index (χ1n) is 24.3. The molecule has 0 fully saturated rings. The third kappa shape index (κ3) is 7.87. The summed E-state index contributed by atoms with van der Waals surface area (Å²) in [7, 11) is -4.19. The molecule has 0 atom stereocenters. The molecule has 356 valence electrons. The van der Waals surface area contributed by atoms with E-state index in [1.54, 1.807) is 72.8 Å². The number of aromatic nitrogens is 1. The van der Waals surface area contributed by atoms with Gasteiger partial charge in [0.15, 0.2) is 31.3 Å². The number of halogens is 5. The zero-order valence-corrected chi connectivity index (χ0v) is 40.6. The number of rotatable bonds is 11. The topological polar surface area (TPSA) is 8.17 Å². The largest absolute Gasteiger partial charge is 0.311 e. The zero-order valence-electron chi connectivity index (χ0n) is 39.6. The van der Waals surface area contributed by atoms with E-state index in [2.05, 4.69) is 149 Å². The van der Waals surface area contributed by atoms with Crippen molar-refractivity contribution in [2.45, 2.75) is 0 Å². The van der Waals surface area contributed by atoms with E-state index in [0.717, 1.165) is 67.2 Å². The van der Waals surface area contributed by atoms with E-state index in [-0.39, 0.29) is 0 Å². The highest BCUT2D eigenvalue weighted by atomic mass is 28.3. The van der Waals surface area contributed by atoms with Crippen LogP contribution in [0.4, 0.5) is 39.0 Å². The molecule has 2 nitrogen and oxygen atoms in total. The summed E-state index contributed by atoms with van der Waals surface area (Å²) in [6.45, 7) is 0. The Bertz CT molecular complexity index is 3890. The van der Waals surface area contributed by atoms with E-state index < -0.39 is 42.3 Å². The molecule has 8 heteroatoms. The van der Waals surface area contributed by atoms with Gasteiger partial charge < -0.3 is 9.47 Å². The van der Waals surface area contributed by atoms with Crippen LogP contribution in [0.5, 0.6) is 0 Å². The summed E-state index contributed by atoms with van der Waals surface area (Å²) in [5, 5.41) is 2.92. The van der Waals surface area contributed by atoms with Crippen molar-refractivity contribution in [2.75, 3.05) is 4.90 Å². The third-order valence-electron chi connectivity index (χ3n) is 14.2. The average molecular weight is 987 g/mol. The van der Waals surface area contributed by atoms with Crippen molar-refractivity contribution in [3.8, 4) is 39.1 Å². The first kappa shape index (κ1) is 46.0. The molecule has 0 aliphatic rings. The Kier molecular flexibility index (Phi) is 11.9. The van der Waals surface area contributed by atoms with Crippen molar-refractivity contribution < 1.29 is 22.0 Å².